The van der Waals surface area contributed by atoms with Crippen LogP contribution in [0.2, 0.25) is 0 Å². The Morgan fingerprint density at radius 2 is 1.92 bits per heavy atom. The van der Waals surface area contributed by atoms with Crippen LogP contribution >= 0.6 is 0 Å². The Labute approximate surface area is 155 Å². The zero-order valence-electron chi connectivity index (χ0n) is 15.8. The predicted octanol–water partition coefficient (Wildman–Crippen LogP) is 3.01. The van der Waals surface area contributed by atoms with E-state index in [1.165, 1.54) is 12.8 Å². The van der Waals surface area contributed by atoms with Gasteiger partial charge in [0.05, 0.1) is 12.7 Å². The Bertz CT molecular complexity index is 718. The minimum absolute atomic E-state index is 0.0614. The van der Waals surface area contributed by atoms with Crippen molar-refractivity contribution in [3.05, 3.63) is 29.3 Å². The minimum atomic E-state index is 0.0614. The van der Waals surface area contributed by atoms with Gasteiger partial charge in [0.2, 0.25) is 5.91 Å². The quantitative estimate of drug-likeness (QED) is 0.836. The lowest BCUT2D eigenvalue weighted by molar-refractivity contribution is -0.139. The largest absolute Gasteiger partial charge is 0.496 e. The van der Waals surface area contributed by atoms with Gasteiger partial charge < -0.3 is 14.5 Å². The zero-order valence-corrected chi connectivity index (χ0v) is 15.8. The second-order valence-electron chi connectivity index (χ2n) is 8.25. The van der Waals surface area contributed by atoms with Gasteiger partial charge in [-0.3, -0.25) is 9.59 Å². The van der Waals surface area contributed by atoms with Gasteiger partial charge in [0.1, 0.15) is 5.75 Å². The SMILES string of the molecule is COc1ccc(C)cc1C(=O)N1CCC2(CCC(=O)N(C3CC3)C2)CC1. The number of rotatable bonds is 3. The monoisotopic (exact) mass is 356 g/mol. The van der Waals surface area contributed by atoms with Gasteiger partial charge in [0.15, 0.2) is 0 Å². The number of piperidine rings is 2. The van der Waals surface area contributed by atoms with Crippen molar-refractivity contribution in [2.24, 2.45) is 5.41 Å². The first-order valence-electron chi connectivity index (χ1n) is 9.75. The van der Waals surface area contributed by atoms with Gasteiger partial charge >= 0.3 is 0 Å². The highest BCUT2D eigenvalue weighted by molar-refractivity contribution is 5.97. The second-order valence-corrected chi connectivity index (χ2v) is 8.25. The number of benzene rings is 1. The lowest BCUT2D eigenvalue weighted by Crippen LogP contribution is -2.52. The van der Waals surface area contributed by atoms with Crippen LogP contribution in [0, 0.1) is 12.3 Å². The highest BCUT2D eigenvalue weighted by Gasteiger charge is 2.45. The Morgan fingerprint density at radius 3 is 2.58 bits per heavy atom. The molecule has 26 heavy (non-hydrogen) atoms. The summed E-state index contributed by atoms with van der Waals surface area (Å²) in [5.74, 6) is 1.04. The molecule has 2 amide bonds. The predicted molar refractivity (Wildman–Crippen MR) is 99.3 cm³/mol. The van der Waals surface area contributed by atoms with E-state index < -0.39 is 0 Å². The molecule has 0 aromatic heterocycles. The van der Waals surface area contributed by atoms with Crippen LogP contribution in [-0.2, 0) is 4.79 Å². The first-order valence-corrected chi connectivity index (χ1v) is 9.75. The van der Waals surface area contributed by atoms with Crippen LogP contribution < -0.4 is 4.74 Å². The molecule has 140 valence electrons. The summed E-state index contributed by atoms with van der Waals surface area (Å²) < 4.78 is 5.39. The molecule has 4 rings (SSSR count). The molecule has 0 unspecified atom stereocenters. The highest BCUT2D eigenvalue weighted by atomic mass is 16.5. The maximum absolute atomic E-state index is 13.0. The number of hydrogen-bond acceptors (Lipinski definition) is 3. The van der Waals surface area contributed by atoms with Crippen LogP contribution in [-0.4, -0.2) is 54.4 Å². The van der Waals surface area contributed by atoms with E-state index in [2.05, 4.69) is 4.90 Å². The van der Waals surface area contributed by atoms with Crippen LogP contribution in [0.25, 0.3) is 0 Å². The van der Waals surface area contributed by atoms with E-state index in [1.54, 1.807) is 7.11 Å². The molecule has 0 bridgehead atoms. The number of nitrogens with zero attached hydrogens (tertiary/aromatic N) is 2. The first-order chi connectivity index (χ1) is 12.5. The third kappa shape index (κ3) is 3.19. The minimum Gasteiger partial charge on any atom is -0.496 e. The molecule has 3 fully saturated rings. The Hall–Kier alpha value is -2.04. The van der Waals surface area contributed by atoms with E-state index in [-0.39, 0.29) is 11.3 Å². The number of likely N-dealkylation sites (tertiary alicyclic amines) is 2. The molecule has 2 saturated heterocycles. The van der Waals surface area contributed by atoms with Crippen molar-refractivity contribution in [1.29, 1.82) is 0 Å². The van der Waals surface area contributed by atoms with Crippen molar-refractivity contribution in [1.82, 2.24) is 9.80 Å². The topological polar surface area (TPSA) is 49.9 Å². The lowest BCUT2D eigenvalue weighted by atomic mass is 9.72. The summed E-state index contributed by atoms with van der Waals surface area (Å²) in [6.07, 6.45) is 5.97. The van der Waals surface area contributed by atoms with Crippen LogP contribution in [0.3, 0.4) is 0 Å². The molecule has 1 aliphatic carbocycles. The van der Waals surface area contributed by atoms with Crippen molar-refractivity contribution in [2.45, 2.75) is 51.5 Å². The van der Waals surface area contributed by atoms with Crippen molar-refractivity contribution in [2.75, 3.05) is 26.7 Å². The molecular formula is C21H28N2O3. The van der Waals surface area contributed by atoms with Crippen LogP contribution in [0.4, 0.5) is 0 Å². The number of hydrogen-bond donors (Lipinski definition) is 0. The highest BCUT2D eigenvalue weighted by Crippen LogP contribution is 2.43. The molecule has 0 radical (unpaired) electrons. The van der Waals surface area contributed by atoms with Gasteiger partial charge in [0.25, 0.3) is 5.91 Å². The number of carbonyl (C=O) groups is 2. The van der Waals surface area contributed by atoms with Crippen molar-refractivity contribution < 1.29 is 14.3 Å². The maximum atomic E-state index is 13.0. The first kappa shape index (κ1) is 17.4. The normalized spacial score (nSPS) is 22.6. The molecule has 5 heteroatoms. The van der Waals surface area contributed by atoms with E-state index in [4.69, 9.17) is 4.74 Å². The summed E-state index contributed by atoms with van der Waals surface area (Å²) in [5, 5.41) is 0. The molecule has 1 spiro atoms. The van der Waals surface area contributed by atoms with E-state index in [1.807, 2.05) is 30.0 Å². The average molecular weight is 356 g/mol. The van der Waals surface area contributed by atoms with E-state index in [0.717, 1.165) is 44.5 Å². The van der Waals surface area contributed by atoms with Crippen molar-refractivity contribution in [3.63, 3.8) is 0 Å². The van der Waals surface area contributed by atoms with Gasteiger partial charge in [-0.05, 0) is 56.6 Å². The number of ether oxygens (including phenoxy) is 1. The lowest BCUT2D eigenvalue weighted by Gasteiger charge is -2.47. The Balaban J connectivity index is 1.44. The van der Waals surface area contributed by atoms with Crippen LogP contribution in [0.5, 0.6) is 5.75 Å². The maximum Gasteiger partial charge on any atom is 0.257 e. The molecule has 3 aliphatic rings. The van der Waals surface area contributed by atoms with E-state index in [9.17, 15) is 9.59 Å². The molecule has 1 saturated carbocycles. The van der Waals surface area contributed by atoms with Gasteiger partial charge in [-0.1, -0.05) is 11.6 Å². The summed E-state index contributed by atoms with van der Waals surface area (Å²) in [7, 11) is 1.61. The fourth-order valence-electron chi connectivity index (χ4n) is 4.51. The summed E-state index contributed by atoms with van der Waals surface area (Å²) in [6, 6.07) is 6.25. The van der Waals surface area contributed by atoms with Crippen LogP contribution in [0.1, 0.15) is 54.4 Å². The third-order valence-corrected chi connectivity index (χ3v) is 6.38. The molecule has 2 heterocycles. The molecule has 0 atom stereocenters. The molecule has 2 aliphatic heterocycles. The summed E-state index contributed by atoms with van der Waals surface area (Å²) >= 11 is 0. The smallest absolute Gasteiger partial charge is 0.257 e. The van der Waals surface area contributed by atoms with Gasteiger partial charge in [-0.2, -0.15) is 0 Å². The molecule has 1 aromatic carbocycles. The fraction of sp³-hybridized carbons (Fsp3) is 0.619. The van der Waals surface area contributed by atoms with Gasteiger partial charge in [-0.25, -0.2) is 0 Å². The fourth-order valence-corrected chi connectivity index (χ4v) is 4.51. The summed E-state index contributed by atoms with van der Waals surface area (Å²) in [6.45, 7) is 4.42. The van der Waals surface area contributed by atoms with E-state index >= 15 is 0 Å². The Kier molecular flexibility index (Phi) is 4.41. The van der Waals surface area contributed by atoms with Gasteiger partial charge in [0, 0.05) is 32.1 Å². The van der Waals surface area contributed by atoms with Crippen molar-refractivity contribution in [3.8, 4) is 5.75 Å². The number of methoxy groups -OCH3 is 1. The molecular weight excluding hydrogens is 328 g/mol. The standard InChI is InChI=1S/C21H28N2O3/c1-15-3-6-18(26-2)17(13-15)20(25)22-11-9-21(10-12-22)8-7-19(24)23(14-21)16-4-5-16/h3,6,13,16H,4-5,7-12,14H2,1-2H3. The summed E-state index contributed by atoms with van der Waals surface area (Å²) in [4.78, 5) is 29.3. The number of aryl methyl sites for hydroxylation is 1. The molecule has 0 N–H and O–H groups in total. The van der Waals surface area contributed by atoms with Gasteiger partial charge in [-0.15, -0.1) is 0 Å². The Morgan fingerprint density at radius 1 is 1.19 bits per heavy atom. The average Bonchev–Trinajstić information content (AvgIpc) is 3.49. The second kappa shape index (κ2) is 6.60. The molecule has 5 nitrogen and oxygen atoms in total. The third-order valence-electron chi connectivity index (χ3n) is 6.38. The molecule has 1 aromatic rings. The summed E-state index contributed by atoms with van der Waals surface area (Å²) in [5.41, 5.74) is 1.93. The van der Waals surface area contributed by atoms with E-state index in [0.29, 0.717) is 29.7 Å². The number of amides is 2. The van der Waals surface area contributed by atoms with Crippen LogP contribution in [0.15, 0.2) is 18.2 Å². The van der Waals surface area contributed by atoms with Crippen molar-refractivity contribution >= 4 is 11.8 Å². The number of carbonyl (C=O) groups excluding carboxylic acids is 2. The zero-order chi connectivity index (χ0) is 18.3.